The van der Waals surface area contributed by atoms with E-state index in [0.717, 1.165) is 39.1 Å². The maximum Gasteiger partial charge on any atom is 0.221 e. The first-order valence-electron chi connectivity index (χ1n) is 6.42. The molecule has 100 valence electrons. The monoisotopic (exact) mass is 242 g/mol. The van der Waals surface area contributed by atoms with Gasteiger partial charge in [-0.2, -0.15) is 0 Å². The van der Waals surface area contributed by atoms with Crippen molar-refractivity contribution in [1.29, 1.82) is 0 Å². The van der Waals surface area contributed by atoms with Gasteiger partial charge in [0.05, 0.1) is 0 Å². The van der Waals surface area contributed by atoms with Gasteiger partial charge in [-0.15, -0.1) is 0 Å². The second kappa shape index (κ2) is 7.63. The molecule has 5 nitrogen and oxygen atoms in total. The molecule has 1 aliphatic heterocycles. The molecule has 1 amide bonds. The van der Waals surface area contributed by atoms with Gasteiger partial charge in [-0.25, -0.2) is 0 Å². The van der Waals surface area contributed by atoms with Gasteiger partial charge >= 0.3 is 0 Å². The second-order valence-electron chi connectivity index (χ2n) is 5.05. The molecular formula is C12H26N4O. The SMILES string of the molecule is CN(C)CCCNC(=O)CC1CNCCN1C. The van der Waals surface area contributed by atoms with Gasteiger partial charge in [0, 0.05) is 38.6 Å². The molecule has 0 aromatic rings. The fourth-order valence-electron chi connectivity index (χ4n) is 2.00. The molecule has 0 spiro atoms. The molecule has 0 saturated carbocycles. The van der Waals surface area contributed by atoms with Crippen molar-refractivity contribution in [1.82, 2.24) is 20.4 Å². The largest absolute Gasteiger partial charge is 0.356 e. The lowest BCUT2D eigenvalue weighted by molar-refractivity contribution is -0.122. The molecule has 2 N–H and O–H groups in total. The first-order valence-corrected chi connectivity index (χ1v) is 6.42. The normalized spacial score (nSPS) is 21.8. The van der Waals surface area contributed by atoms with E-state index in [-0.39, 0.29) is 5.91 Å². The van der Waals surface area contributed by atoms with Crippen LogP contribution in [0.5, 0.6) is 0 Å². The van der Waals surface area contributed by atoms with Crippen LogP contribution in [0.25, 0.3) is 0 Å². The summed E-state index contributed by atoms with van der Waals surface area (Å²) in [5.74, 6) is 0.171. The maximum absolute atomic E-state index is 11.7. The van der Waals surface area contributed by atoms with Gasteiger partial charge in [0.15, 0.2) is 0 Å². The van der Waals surface area contributed by atoms with Crippen molar-refractivity contribution >= 4 is 5.91 Å². The Morgan fingerprint density at radius 3 is 2.94 bits per heavy atom. The zero-order valence-corrected chi connectivity index (χ0v) is 11.3. The van der Waals surface area contributed by atoms with Crippen molar-refractivity contribution < 1.29 is 4.79 Å². The number of amides is 1. The van der Waals surface area contributed by atoms with Crippen molar-refractivity contribution in [2.75, 3.05) is 53.9 Å². The highest BCUT2D eigenvalue weighted by Gasteiger charge is 2.20. The van der Waals surface area contributed by atoms with Crippen LogP contribution in [0.4, 0.5) is 0 Å². The van der Waals surface area contributed by atoms with Crippen molar-refractivity contribution in [2.45, 2.75) is 18.9 Å². The Hall–Kier alpha value is -0.650. The topological polar surface area (TPSA) is 47.6 Å². The molecule has 0 aliphatic carbocycles. The molecule has 0 aromatic carbocycles. The van der Waals surface area contributed by atoms with E-state index in [9.17, 15) is 4.79 Å². The molecular weight excluding hydrogens is 216 g/mol. The van der Waals surface area contributed by atoms with E-state index in [2.05, 4.69) is 27.5 Å². The van der Waals surface area contributed by atoms with Gasteiger partial charge in [-0.05, 0) is 34.1 Å². The van der Waals surface area contributed by atoms with Crippen LogP contribution >= 0.6 is 0 Å². The fourth-order valence-corrected chi connectivity index (χ4v) is 2.00. The summed E-state index contributed by atoms with van der Waals surface area (Å²) in [6.45, 7) is 4.77. The van der Waals surface area contributed by atoms with E-state index in [1.807, 2.05) is 14.1 Å². The average Bonchev–Trinajstić information content (AvgIpc) is 2.27. The van der Waals surface area contributed by atoms with Crippen molar-refractivity contribution in [2.24, 2.45) is 0 Å². The van der Waals surface area contributed by atoms with E-state index in [4.69, 9.17) is 0 Å². The minimum absolute atomic E-state index is 0.171. The van der Waals surface area contributed by atoms with Gasteiger partial charge < -0.3 is 20.4 Å². The Morgan fingerprint density at radius 2 is 2.29 bits per heavy atom. The lowest BCUT2D eigenvalue weighted by Crippen LogP contribution is -2.51. The Labute approximate surface area is 105 Å². The minimum Gasteiger partial charge on any atom is -0.356 e. The van der Waals surface area contributed by atoms with E-state index in [1.165, 1.54) is 0 Å². The maximum atomic E-state index is 11.7. The highest BCUT2D eigenvalue weighted by Crippen LogP contribution is 2.04. The number of carbonyl (C=O) groups is 1. The van der Waals surface area contributed by atoms with Gasteiger partial charge in [-0.3, -0.25) is 4.79 Å². The summed E-state index contributed by atoms with van der Waals surface area (Å²) in [5.41, 5.74) is 0. The number of piperazine rings is 1. The van der Waals surface area contributed by atoms with Gasteiger partial charge in [0.2, 0.25) is 5.91 Å². The first-order chi connectivity index (χ1) is 8.09. The summed E-state index contributed by atoms with van der Waals surface area (Å²) in [6, 6.07) is 0.345. The summed E-state index contributed by atoms with van der Waals surface area (Å²) in [4.78, 5) is 16.1. The fraction of sp³-hybridized carbons (Fsp3) is 0.917. The van der Waals surface area contributed by atoms with Crippen molar-refractivity contribution in [3.05, 3.63) is 0 Å². The van der Waals surface area contributed by atoms with Crippen molar-refractivity contribution in [3.8, 4) is 0 Å². The van der Waals surface area contributed by atoms with Crippen LogP contribution in [-0.2, 0) is 4.79 Å². The molecule has 1 saturated heterocycles. The quantitative estimate of drug-likeness (QED) is 0.608. The number of carbonyl (C=O) groups excluding carboxylic acids is 1. The Morgan fingerprint density at radius 1 is 1.53 bits per heavy atom. The van der Waals surface area contributed by atoms with E-state index in [0.29, 0.717) is 12.5 Å². The first kappa shape index (κ1) is 14.4. The van der Waals surface area contributed by atoms with E-state index < -0.39 is 0 Å². The van der Waals surface area contributed by atoms with Gasteiger partial charge in [-0.1, -0.05) is 0 Å². The molecule has 17 heavy (non-hydrogen) atoms. The Kier molecular flexibility index (Phi) is 6.47. The molecule has 1 rings (SSSR count). The average molecular weight is 242 g/mol. The van der Waals surface area contributed by atoms with Gasteiger partial charge in [0.1, 0.15) is 0 Å². The summed E-state index contributed by atoms with van der Waals surface area (Å²) >= 11 is 0. The third-order valence-electron chi connectivity index (χ3n) is 3.17. The summed E-state index contributed by atoms with van der Waals surface area (Å²) in [5, 5.41) is 6.31. The number of hydrogen-bond donors (Lipinski definition) is 2. The smallest absolute Gasteiger partial charge is 0.221 e. The third-order valence-corrected chi connectivity index (χ3v) is 3.17. The highest BCUT2D eigenvalue weighted by atomic mass is 16.1. The van der Waals surface area contributed by atoms with Crippen LogP contribution in [0.3, 0.4) is 0 Å². The zero-order chi connectivity index (χ0) is 12.7. The minimum atomic E-state index is 0.171. The molecule has 0 bridgehead atoms. The third kappa shape index (κ3) is 6.00. The summed E-state index contributed by atoms with van der Waals surface area (Å²) < 4.78 is 0. The van der Waals surface area contributed by atoms with E-state index >= 15 is 0 Å². The number of nitrogens with zero attached hydrogens (tertiary/aromatic N) is 2. The molecule has 1 unspecified atom stereocenters. The van der Waals surface area contributed by atoms with Crippen LogP contribution in [0.15, 0.2) is 0 Å². The Balaban J connectivity index is 2.11. The molecule has 0 radical (unpaired) electrons. The van der Waals surface area contributed by atoms with E-state index in [1.54, 1.807) is 0 Å². The van der Waals surface area contributed by atoms with Crippen LogP contribution in [0.1, 0.15) is 12.8 Å². The predicted molar refractivity (Wildman–Crippen MR) is 70.1 cm³/mol. The summed E-state index contributed by atoms with van der Waals surface area (Å²) in [7, 11) is 6.18. The molecule has 1 fully saturated rings. The second-order valence-corrected chi connectivity index (χ2v) is 5.05. The zero-order valence-electron chi connectivity index (χ0n) is 11.3. The number of hydrogen-bond acceptors (Lipinski definition) is 4. The Bertz CT molecular complexity index is 233. The van der Waals surface area contributed by atoms with Crippen molar-refractivity contribution in [3.63, 3.8) is 0 Å². The van der Waals surface area contributed by atoms with Crippen LogP contribution in [0, 0.1) is 0 Å². The highest BCUT2D eigenvalue weighted by molar-refractivity contribution is 5.76. The predicted octanol–water partition coefficient (Wildman–Crippen LogP) is -0.652. The lowest BCUT2D eigenvalue weighted by Gasteiger charge is -2.32. The number of nitrogens with one attached hydrogen (secondary N) is 2. The number of rotatable bonds is 6. The standard InChI is InChI=1S/C12H26N4O/c1-15(2)7-4-5-14-12(17)9-11-10-13-6-8-16(11)3/h11,13H,4-10H2,1-3H3,(H,14,17). The van der Waals surface area contributed by atoms with Crippen LogP contribution in [-0.4, -0.2) is 75.6 Å². The molecule has 1 heterocycles. The molecule has 1 aliphatic rings. The lowest BCUT2D eigenvalue weighted by atomic mass is 10.1. The van der Waals surface area contributed by atoms with Crippen LogP contribution < -0.4 is 10.6 Å². The molecule has 5 heteroatoms. The summed E-state index contributed by atoms with van der Waals surface area (Å²) in [6.07, 6.45) is 1.61. The molecule has 0 aromatic heterocycles. The van der Waals surface area contributed by atoms with Gasteiger partial charge in [0.25, 0.3) is 0 Å². The number of likely N-dealkylation sites (N-methyl/N-ethyl adjacent to an activating group) is 1. The van der Waals surface area contributed by atoms with Crippen LogP contribution in [0.2, 0.25) is 0 Å². The molecule has 1 atom stereocenters.